The third-order valence-electron chi connectivity index (χ3n) is 4.20. The van der Waals surface area contributed by atoms with Crippen LogP contribution < -0.4 is 9.64 Å². The van der Waals surface area contributed by atoms with Gasteiger partial charge >= 0.3 is 5.97 Å². The van der Waals surface area contributed by atoms with Crippen LogP contribution in [0.25, 0.3) is 0 Å². The number of carboxylic acid groups (broad SMARTS) is 1. The smallest absolute Gasteiger partial charge is 0.303 e. The van der Waals surface area contributed by atoms with Crippen molar-refractivity contribution in [1.29, 1.82) is 5.26 Å². The summed E-state index contributed by atoms with van der Waals surface area (Å²) < 4.78 is 5.15. The number of hydrogen-bond donors (Lipinski definition) is 2. The van der Waals surface area contributed by atoms with Crippen LogP contribution in [0.4, 0.5) is 5.69 Å². The Labute approximate surface area is 151 Å². The van der Waals surface area contributed by atoms with Gasteiger partial charge in [0.2, 0.25) is 5.91 Å². The second-order valence-corrected chi connectivity index (χ2v) is 6.59. The van der Waals surface area contributed by atoms with Crippen LogP contribution in [0.3, 0.4) is 0 Å². The molecule has 0 saturated carbocycles. The minimum Gasteiger partial charge on any atom is -0.494 e. The van der Waals surface area contributed by atoms with Crippen LogP contribution in [0.15, 0.2) is 12.3 Å². The Hall–Kier alpha value is -2.31. The number of aliphatic carboxylic acids is 1. The topological polar surface area (TPSA) is 107 Å². The third-order valence-corrected chi connectivity index (χ3v) is 4.71. The maximum absolute atomic E-state index is 12.9. The van der Waals surface area contributed by atoms with Gasteiger partial charge < -0.3 is 9.84 Å². The molecule has 2 heterocycles. The first kappa shape index (κ1) is 19.0. The predicted molar refractivity (Wildman–Crippen MR) is 93.4 cm³/mol. The number of carbonyl (C=O) groups excluding carboxylic acids is 1. The molecular formula is C16H20N4O4S. The van der Waals surface area contributed by atoms with Crippen LogP contribution in [-0.2, 0) is 9.59 Å². The van der Waals surface area contributed by atoms with Crippen molar-refractivity contribution in [3.05, 3.63) is 18.0 Å². The fraction of sp³-hybridized carbons (Fsp3) is 0.500. The highest BCUT2D eigenvalue weighted by molar-refractivity contribution is 7.81. The van der Waals surface area contributed by atoms with E-state index in [-0.39, 0.29) is 23.8 Å². The monoisotopic (exact) mass is 364 g/mol. The Morgan fingerprint density at radius 1 is 1.56 bits per heavy atom. The van der Waals surface area contributed by atoms with Gasteiger partial charge in [-0.05, 0) is 20.3 Å². The molecule has 8 nitrogen and oxygen atoms in total. The van der Waals surface area contributed by atoms with Gasteiger partial charge in [-0.25, -0.2) is 4.98 Å². The Morgan fingerprint density at radius 2 is 2.24 bits per heavy atom. The maximum atomic E-state index is 12.9. The lowest BCUT2D eigenvalue weighted by molar-refractivity contribution is -0.137. The number of hydrogen-bond acceptors (Lipinski definition) is 7. The number of nitriles is 1. The average Bonchev–Trinajstić information content (AvgIpc) is 2.73. The fourth-order valence-corrected chi connectivity index (χ4v) is 3.44. The van der Waals surface area contributed by atoms with Crippen LogP contribution in [0.2, 0.25) is 0 Å². The van der Waals surface area contributed by atoms with Crippen molar-refractivity contribution in [3.8, 4) is 11.8 Å². The summed E-state index contributed by atoms with van der Waals surface area (Å²) in [5.74, 6) is -0.788. The van der Waals surface area contributed by atoms with Crippen molar-refractivity contribution < 1.29 is 19.4 Å². The summed E-state index contributed by atoms with van der Waals surface area (Å²) in [6, 6.07) is 3.50. The summed E-state index contributed by atoms with van der Waals surface area (Å²) in [5, 5.41) is 17.8. The first-order chi connectivity index (χ1) is 11.7. The van der Waals surface area contributed by atoms with E-state index in [1.807, 2.05) is 11.0 Å². The molecule has 1 aliphatic rings. The van der Waals surface area contributed by atoms with E-state index in [4.69, 9.17) is 15.1 Å². The van der Waals surface area contributed by atoms with Gasteiger partial charge in [-0.1, -0.05) is 0 Å². The molecule has 1 unspecified atom stereocenters. The number of thiol groups is 1. The number of amides is 1. The normalized spacial score (nSPS) is 19.7. The molecule has 0 spiro atoms. The summed E-state index contributed by atoms with van der Waals surface area (Å²) >= 11 is 4.55. The number of ether oxygens (including phenoxy) is 1. The van der Waals surface area contributed by atoms with Gasteiger partial charge in [0.1, 0.15) is 11.6 Å². The molecule has 9 heteroatoms. The molecule has 1 amide bonds. The molecule has 0 aromatic carbocycles. The predicted octanol–water partition coefficient (Wildman–Crippen LogP) is 1.47. The Morgan fingerprint density at radius 3 is 2.80 bits per heavy atom. The highest BCUT2D eigenvalue weighted by atomic mass is 32.1. The van der Waals surface area contributed by atoms with Crippen molar-refractivity contribution in [2.45, 2.75) is 37.7 Å². The lowest BCUT2D eigenvalue weighted by atomic mass is 10.0. The van der Waals surface area contributed by atoms with Crippen molar-refractivity contribution in [1.82, 2.24) is 9.88 Å². The Kier molecular flexibility index (Phi) is 5.55. The fourth-order valence-electron chi connectivity index (χ4n) is 2.80. The standard InChI is InChI=1S/C16H20N4O4S/c1-16(2)14(23)20(15(25)19(16)6-4-5-13(21)22)10-7-12(24-3)11(8-17)18-9-10/h7,9,15,25H,4-6H2,1-3H3,(H,21,22). The first-order valence-electron chi connectivity index (χ1n) is 7.68. The molecule has 0 aliphatic carbocycles. The summed E-state index contributed by atoms with van der Waals surface area (Å²) in [7, 11) is 1.42. The lowest BCUT2D eigenvalue weighted by Gasteiger charge is -2.30. The van der Waals surface area contributed by atoms with Crippen molar-refractivity contribution in [2.24, 2.45) is 0 Å². The highest BCUT2D eigenvalue weighted by Gasteiger charge is 2.50. The van der Waals surface area contributed by atoms with Gasteiger partial charge in [0.15, 0.2) is 11.4 Å². The lowest BCUT2D eigenvalue weighted by Crippen LogP contribution is -2.45. The average molecular weight is 364 g/mol. The number of pyridine rings is 1. The first-order valence-corrected chi connectivity index (χ1v) is 8.20. The van der Waals surface area contributed by atoms with Crippen molar-refractivity contribution >= 4 is 30.2 Å². The van der Waals surface area contributed by atoms with E-state index in [2.05, 4.69) is 17.6 Å². The largest absolute Gasteiger partial charge is 0.494 e. The minimum absolute atomic E-state index is 0.0213. The van der Waals surface area contributed by atoms with Crippen molar-refractivity contribution in [2.75, 3.05) is 18.6 Å². The number of nitrogens with zero attached hydrogens (tertiary/aromatic N) is 4. The SMILES string of the molecule is COc1cc(N2C(=O)C(C)(C)N(CCCC(=O)O)C2S)cnc1C#N. The van der Waals surface area contributed by atoms with Gasteiger partial charge in [-0.3, -0.25) is 19.4 Å². The third kappa shape index (κ3) is 3.55. The zero-order valence-corrected chi connectivity index (χ0v) is 15.2. The molecule has 1 aromatic heterocycles. The van der Waals surface area contributed by atoms with Crippen LogP contribution in [0.5, 0.6) is 5.75 Å². The van der Waals surface area contributed by atoms with E-state index in [1.165, 1.54) is 18.2 Å². The van der Waals surface area contributed by atoms with Gasteiger partial charge in [-0.2, -0.15) is 5.26 Å². The molecular weight excluding hydrogens is 344 g/mol. The van der Waals surface area contributed by atoms with Crippen LogP contribution in [-0.4, -0.2) is 51.6 Å². The number of methoxy groups -OCH3 is 1. The van der Waals surface area contributed by atoms with Crippen LogP contribution in [0, 0.1) is 11.3 Å². The summed E-state index contributed by atoms with van der Waals surface area (Å²) in [4.78, 5) is 31.0. The van der Waals surface area contributed by atoms with E-state index in [9.17, 15) is 9.59 Å². The molecule has 2 rings (SSSR count). The highest BCUT2D eigenvalue weighted by Crippen LogP contribution is 2.37. The Bertz CT molecular complexity index is 731. The van der Waals surface area contributed by atoms with E-state index in [0.29, 0.717) is 18.7 Å². The van der Waals surface area contributed by atoms with Crippen LogP contribution in [0.1, 0.15) is 32.4 Å². The summed E-state index contributed by atoms with van der Waals surface area (Å²) in [6.45, 7) is 3.96. The van der Waals surface area contributed by atoms with Gasteiger partial charge in [0.25, 0.3) is 0 Å². The number of carbonyl (C=O) groups is 2. The number of rotatable bonds is 6. The van der Waals surface area contributed by atoms with Gasteiger partial charge in [-0.15, -0.1) is 12.6 Å². The van der Waals surface area contributed by atoms with Gasteiger partial charge in [0, 0.05) is 19.0 Å². The minimum atomic E-state index is -0.878. The summed E-state index contributed by atoms with van der Waals surface area (Å²) in [6.07, 6.45) is 1.86. The Balaban J connectivity index is 2.31. The zero-order chi connectivity index (χ0) is 18.8. The molecule has 1 saturated heterocycles. The van der Waals surface area contributed by atoms with Crippen LogP contribution >= 0.6 is 12.6 Å². The van der Waals surface area contributed by atoms with E-state index in [0.717, 1.165) is 0 Å². The molecule has 0 bridgehead atoms. The molecule has 1 aromatic rings. The number of anilines is 1. The molecule has 0 radical (unpaired) electrons. The second kappa shape index (κ2) is 7.29. The molecule has 134 valence electrons. The number of carboxylic acids is 1. The molecule has 1 fully saturated rings. The quantitative estimate of drug-likeness (QED) is 0.736. The van der Waals surface area contributed by atoms with Gasteiger partial charge in [0.05, 0.1) is 24.5 Å². The maximum Gasteiger partial charge on any atom is 0.303 e. The molecule has 1 N–H and O–H groups in total. The van der Waals surface area contributed by atoms with E-state index >= 15 is 0 Å². The van der Waals surface area contributed by atoms with E-state index < -0.39 is 17.0 Å². The van der Waals surface area contributed by atoms with Crippen molar-refractivity contribution in [3.63, 3.8) is 0 Å². The van der Waals surface area contributed by atoms with E-state index in [1.54, 1.807) is 19.9 Å². The molecule has 1 atom stereocenters. The summed E-state index contributed by atoms with van der Waals surface area (Å²) in [5.41, 5.74) is -0.817. The molecule has 1 aliphatic heterocycles. The number of aromatic nitrogens is 1. The zero-order valence-electron chi connectivity index (χ0n) is 14.3. The molecule has 25 heavy (non-hydrogen) atoms. The second-order valence-electron chi connectivity index (χ2n) is 6.13.